The SMILES string of the molecule is CC(C)Oc1nc(N2CCCCCC2C)ccc1N. The molecule has 19 heavy (non-hydrogen) atoms. The molecule has 1 fully saturated rings. The molecule has 4 nitrogen and oxygen atoms in total. The third-order valence-corrected chi connectivity index (χ3v) is 3.57. The van der Waals surface area contributed by atoms with Gasteiger partial charge in [-0.25, -0.2) is 0 Å². The highest BCUT2D eigenvalue weighted by Crippen LogP contribution is 2.27. The van der Waals surface area contributed by atoms with Crippen LogP contribution in [0.15, 0.2) is 12.1 Å². The number of nitrogens with zero attached hydrogens (tertiary/aromatic N) is 2. The van der Waals surface area contributed by atoms with Gasteiger partial charge in [-0.2, -0.15) is 4.98 Å². The second-order valence-corrected chi connectivity index (χ2v) is 5.62. The Morgan fingerprint density at radius 3 is 2.84 bits per heavy atom. The van der Waals surface area contributed by atoms with Crippen molar-refractivity contribution >= 4 is 11.5 Å². The first-order valence-electron chi connectivity index (χ1n) is 7.27. The number of nitrogens with two attached hydrogens (primary N) is 1. The van der Waals surface area contributed by atoms with E-state index in [0.717, 1.165) is 12.4 Å². The summed E-state index contributed by atoms with van der Waals surface area (Å²) in [5, 5.41) is 0. The standard InChI is InChI=1S/C15H25N3O/c1-11(2)19-15-13(16)8-9-14(17-15)18-10-6-4-5-7-12(18)3/h8-9,11-12H,4-7,10,16H2,1-3H3. The van der Waals surface area contributed by atoms with E-state index in [2.05, 4.69) is 16.8 Å². The Labute approximate surface area is 116 Å². The average molecular weight is 263 g/mol. The van der Waals surface area contributed by atoms with Crippen molar-refractivity contribution in [3.63, 3.8) is 0 Å². The van der Waals surface area contributed by atoms with E-state index in [1.807, 2.05) is 26.0 Å². The Balaban J connectivity index is 2.23. The highest BCUT2D eigenvalue weighted by molar-refractivity contribution is 5.55. The van der Waals surface area contributed by atoms with Gasteiger partial charge in [-0.1, -0.05) is 12.8 Å². The molecule has 0 aliphatic carbocycles. The van der Waals surface area contributed by atoms with Gasteiger partial charge < -0.3 is 15.4 Å². The van der Waals surface area contributed by atoms with Crippen LogP contribution in [0.4, 0.5) is 11.5 Å². The fourth-order valence-corrected chi connectivity index (χ4v) is 2.53. The van der Waals surface area contributed by atoms with Crippen LogP contribution in [0, 0.1) is 0 Å². The van der Waals surface area contributed by atoms with Crippen LogP contribution >= 0.6 is 0 Å². The van der Waals surface area contributed by atoms with Crippen LogP contribution in [0.2, 0.25) is 0 Å². The van der Waals surface area contributed by atoms with Crippen LogP contribution in [-0.2, 0) is 0 Å². The maximum atomic E-state index is 5.93. The van der Waals surface area contributed by atoms with Crippen molar-refractivity contribution in [3.05, 3.63) is 12.1 Å². The van der Waals surface area contributed by atoms with E-state index in [1.54, 1.807) is 0 Å². The average Bonchev–Trinajstić information content (AvgIpc) is 2.56. The summed E-state index contributed by atoms with van der Waals surface area (Å²) in [4.78, 5) is 6.98. The van der Waals surface area contributed by atoms with Crippen molar-refractivity contribution in [1.82, 2.24) is 4.98 Å². The van der Waals surface area contributed by atoms with E-state index in [-0.39, 0.29) is 6.10 Å². The molecule has 2 N–H and O–H groups in total. The molecular formula is C15H25N3O. The number of nitrogen functional groups attached to an aromatic ring is 1. The lowest BCUT2D eigenvalue weighted by Crippen LogP contribution is -2.33. The maximum Gasteiger partial charge on any atom is 0.239 e. The topological polar surface area (TPSA) is 51.4 Å². The second-order valence-electron chi connectivity index (χ2n) is 5.62. The number of rotatable bonds is 3. The fraction of sp³-hybridized carbons (Fsp3) is 0.667. The number of anilines is 2. The predicted octanol–water partition coefficient (Wildman–Crippen LogP) is 3.22. The monoisotopic (exact) mass is 263 g/mol. The quantitative estimate of drug-likeness (QED) is 0.909. The fourth-order valence-electron chi connectivity index (χ4n) is 2.53. The zero-order chi connectivity index (χ0) is 13.8. The summed E-state index contributed by atoms with van der Waals surface area (Å²) in [5.74, 6) is 1.54. The molecule has 2 rings (SSSR count). The minimum atomic E-state index is 0.0895. The van der Waals surface area contributed by atoms with Crippen LogP contribution in [-0.4, -0.2) is 23.7 Å². The molecule has 1 saturated heterocycles. The zero-order valence-corrected chi connectivity index (χ0v) is 12.2. The normalized spacial score (nSPS) is 20.4. The summed E-state index contributed by atoms with van der Waals surface area (Å²) in [6, 6.07) is 4.44. The van der Waals surface area contributed by atoms with Crippen molar-refractivity contribution in [2.24, 2.45) is 0 Å². The predicted molar refractivity (Wildman–Crippen MR) is 79.7 cm³/mol. The van der Waals surface area contributed by atoms with Crippen LogP contribution in [0.25, 0.3) is 0 Å². The summed E-state index contributed by atoms with van der Waals surface area (Å²) in [6.07, 6.45) is 5.17. The lowest BCUT2D eigenvalue weighted by atomic mass is 10.1. The molecule has 0 bridgehead atoms. The molecule has 2 heterocycles. The molecule has 0 saturated carbocycles. The minimum absolute atomic E-state index is 0.0895. The maximum absolute atomic E-state index is 5.93. The lowest BCUT2D eigenvalue weighted by molar-refractivity contribution is 0.234. The molecule has 1 aromatic heterocycles. The Kier molecular flexibility index (Phi) is 4.51. The molecule has 1 unspecified atom stereocenters. The molecule has 4 heteroatoms. The molecule has 0 aromatic carbocycles. The molecular weight excluding hydrogens is 238 g/mol. The molecule has 0 radical (unpaired) electrons. The van der Waals surface area contributed by atoms with Gasteiger partial charge in [0.05, 0.1) is 11.8 Å². The van der Waals surface area contributed by atoms with E-state index < -0.39 is 0 Å². The first-order chi connectivity index (χ1) is 9.08. The number of hydrogen-bond acceptors (Lipinski definition) is 4. The van der Waals surface area contributed by atoms with Gasteiger partial charge in [0.15, 0.2) is 0 Å². The summed E-state index contributed by atoms with van der Waals surface area (Å²) >= 11 is 0. The molecule has 1 aromatic rings. The largest absolute Gasteiger partial charge is 0.473 e. The summed E-state index contributed by atoms with van der Waals surface area (Å²) in [6.45, 7) is 7.32. The van der Waals surface area contributed by atoms with Gasteiger partial charge in [0, 0.05) is 12.6 Å². The second kappa shape index (κ2) is 6.13. The third kappa shape index (κ3) is 3.52. The number of hydrogen-bond donors (Lipinski definition) is 1. The van der Waals surface area contributed by atoms with Crippen molar-refractivity contribution < 1.29 is 4.74 Å². The van der Waals surface area contributed by atoms with Crippen molar-refractivity contribution in [2.75, 3.05) is 17.2 Å². The zero-order valence-electron chi connectivity index (χ0n) is 12.2. The van der Waals surface area contributed by atoms with Crippen molar-refractivity contribution in [1.29, 1.82) is 0 Å². The van der Waals surface area contributed by atoms with Gasteiger partial charge in [0.1, 0.15) is 5.82 Å². The van der Waals surface area contributed by atoms with Gasteiger partial charge in [0.2, 0.25) is 5.88 Å². The first-order valence-corrected chi connectivity index (χ1v) is 7.27. The van der Waals surface area contributed by atoms with Crippen LogP contribution in [0.3, 0.4) is 0 Å². The third-order valence-electron chi connectivity index (χ3n) is 3.57. The highest BCUT2D eigenvalue weighted by atomic mass is 16.5. The Hall–Kier alpha value is -1.45. The molecule has 1 atom stereocenters. The highest BCUT2D eigenvalue weighted by Gasteiger charge is 2.19. The van der Waals surface area contributed by atoms with Crippen molar-refractivity contribution in [2.45, 2.75) is 58.6 Å². The van der Waals surface area contributed by atoms with E-state index in [4.69, 9.17) is 10.5 Å². The first kappa shape index (κ1) is 14.0. The summed E-state index contributed by atoms with van der Waals surface area (Å²) in [5.41, 5.74) is 6.54. The summed E-state index contributed by atoms with van der Waals surface area (Å²) in [7, 11) is 0. The van der Waals surface area contributed by atoms with Gasteiger partial charge in [-0.3, -0.25) is 0 Å². The van der Waals surface area contributed by atoms with E-state index >= 15 is 0 Å². The number of pyridine rings is 1. The molecule has 0 spiro atoms. The van der Waals surface area contributed by atoms with Crippen LogP contribution in [0.5, 0.6) is 5.88 Å². The van der Waals surface area contributed by atoms with E-state index in [0.29, 0.717) is 17.6 Å². The van der Waals surface area contributed by atoms with Gasteiger partial charge in [-0.05, 0) is 45.7 Å². The van der Waals surface area contributed by atoms with Crippen molar-refractivity contribution in [3.8, 4) is 5.88 Å². The Morgan fingerprint density at radius 1 is 1.32 bits per heavy atom. The minimum Gasteiger partial charge on any atom is -0.473 e. The smallest absolute Gasteiger partial charge is 0.239 e. The van der Waals surface area contributed by atoms with E-state index in [9.17, 15) is 0 Å². The Morgan fingerprint density at radius 2 is 2.11 bits per heavy atom. The molecule has 106 valence electrons. The van der Waals surface area contributed by atoms with Crippen LogP contribution in [0.1, 0.15) is 46.5 Å². The number of aromatic nitrogens is 1. The lowest BCUT2D eigenvalue weighted by Gasteiger charge is -2.28. The molecule has 1 aliphatic heterocycles. The molecule has 1 aliphatic rings. The van der Waals surface area contributed by atoms with Gasteiger partial charge in [0.25, 0.3) is 0 Å². The van der Waals surface area contributed by atoms with Gasteiger partial charge in [-0.15, -0.1) is 0 Å². The van der Waals surface area contributed by atoms with Crippen LogP contribution < -0.4 is 15.4 Å². The van der Waals surface area contributed by atoms with E-state index in [1.165, 1.54) is 25.7 Å². The molecule has 0 amide bonds. The number of ether oxygens (including phenoxy) is 1. The van der Waals surface area contributed by atoms with Gasteiger partial charge >= 0.3 is 0 Å². The summed E-state index contributed by atoms with van der Waals surface area (Å²) < 4.78 is 5.68. The Bertz CT molecular complexity index is 420.